The third-order valence-electron chi connectivity index (χ3n) is 7.55. The van der Waals surface area contributed by atoms with E-state index in [0.717, 1.165) is 51.2 Å². The van der Waals surface area contributed by atoms with Gasteiger partial charge in [-0.05, 0) is 25.7 Å². The van der Waals surface area contributed by atoms with Crippen LogP contribution in [-0.2, 0) is 9.53 Å². The Morgan fingerprint density at radius 1 is 0.861 bits per heavy atom. The second-order valence-corrected chi connectivity index (χ2v) is 10.6. The Bertz CT molecular complexity index is 514. The predicted molar refractivity (Wildman–Crippen MR) is 149 cm³/mol. The van der Waals surface area contributed by atoms with E-state index >= 15 is 0 Å². The molecule has 0 aromatic carbocycles. The molecule has 0 saturated heterocycles. The highest BCUT2D eigenvalue weighted by molar-refractivity contribution is 5.69. The van der Waals surface area contributed by atoms with Gasteiger partial charge in [-0.25, -0.2) is 4.79 Å². The molecular weight excluding hydrogens is 454 g/mol. The predicted octanol–water partition coefficient (Wildman–Crippen LogP) is 7.29. The summed E-state index contributed by atoms with van der Waals surface area (Å²) < 4.78 is 5.65. The molecule has 214 valence electrons. The van der Waals surface area contributed by atoms with Gasteiger partial charge in [-0.3, -0.25) is 0 Å². The second-order valence-electron chi connectivity index (χ2n) is 10.6. The summed E-state index contributed by atoms with van der Waals surface area (Å²) in [6.07, 6.45) is 18.5. The fraction of sp³-hybridized carbons (Fsp3) is 0.933. The van der Waals surface area contributed by atoms with Crippen LogP contribution in [0.1, 0.15) is 137 Å². The molecule has 6 heteroatoms. The smallest absolute Gasteiger partial charge is 0.410 e. The van der Waals surface area contributed by atoms with Crippen LogP contribution in [0.5, 0.6) is 0 Å². The van der Waals surface area contributed by atoms with Gasteiger partial charge in [0, 0.05) is 24.9 Å². The average Bonchev–Trinajstić information content (AvgIpc) is 2.87. The number of hydrogen-bond donors (Lipinski definition) is 2. The molecule has 0 aliphatic carbocycles. The van der Waals surface area contributed by atoms with E-state index in [1.807, 2.05) is 0 Å². The molecule has 4 atom stereocenters. The van der Waals surface area contributed by atoms with E-state index in [1.165, 1.54) is 62.7 Å². The minimum atomic E-state index is -0.653. The Hall–Kier alpha value is -1.14. The molecule has 0 radical (unpaired) electrons. The van der Waals surface area contributed by atoms with E-state index < -0.39 is 18.2 Å². The highest BCUT2D eigenvalue weighted by atomic mass is 16.6. The van der Waals surface area contributed by atoms with Crippen molar-refractivity contribution >= 4 is 12.4 Å². The number of unbranched alkanes of at least 4 members (excludes halogenated alkanes) is 11. The fourth-order valence-electron chi connectivity index (χ4n) is 5.10. The zero-order chi connectivity index (χ0) is 27.0. The number of carbonyl (C=O) groups excluding carboxylic acids is 2. The van der Waals surface area contributed by atoms with Crippen molar-refractivity contribution in [2.45, 2.75) is 149 Å². The first-order chi connectivity index (χ1) is 17.5. The number of rotatable bonds is 25. The van der Waals surface area contributed by atoms with Gasteiger partial charge in [-0.15, -0.1) is 0 Å². The maximum absolute atomic E-state index is 13.0. The van der Waals surface area contributed by atoms with Crippen molar-refractivity contribution in [1.29, 1.82) is 0 Å². The summed E-state index contributed by atoms with van der Waals surface area (Å²) >= 11 is 0. The highest BCUT2D eigenvalue weighted by Crippen LogP contribution is 2.26. The number of aldehydes is 1. The lowest BCUT2D eigenvalue weighted by Crippen LogP contribution is -2.49. The zero-order valence-corrected chi connectivity index (χ0v) is 24.1. The Kier molecular flexibility index (Phi) is 23.4. The van der Waals surface area contributed by atoms with Crippen molar-refractivity contribution in [3.05, 3.63) is 0 Å². The number of ether oxygens (including phenoxy) is 1. The fourth-order valence-corrected chi connectivity index (χ4v) is 5.10. The Morgan fingerprint density at radius 3 is 1.89 bits per heavy atom. The van der Waals surface area contributed by atoms with Gasteiger partial charge in [0.1, 0.15) is 6.29 Å². The minimum absolute atomic E-state index is 0.102. The molecule has 0 rings (SSSR count). The topological polar surface area (TPSA) is 87.1 Å². The molecule has 36 heavy (non-hydrogen) atoms. The van der Waals surface area contributed by atoms with Gasteiger partial charge in [0.15, 0.2) is 0 Å². The minimum Gasteiger partial charge on any atom is -0.449 e. The SMILES string of the molecule is CCCCCCCCCCCCCC(C(C)O)C(CC=O)N(CCO)C(=O)OCC(CC)CCCC. The van der Waals surface area contributed by atoms with E-state index in [2.05, 4.69) is 20.8 Å². The lowest BCUT2D eigenvalue weighted by molar-refractivity contribution is -0.109. The largest absolute Gasteiger partial charge is 0.449 e. The van der Waals surface area contributed by atoms with Crippen LogP contribution in [0, 0.1) is 11.8 Å². The van der Waals surface area contributed by atoms with E-state index in [9.17, 15) is 19.8 Å². The number of nitrogens with zero attached hydrogens (tertiary/aromatic N) is 1. The molecule has 0 fully saturated rings. The molecule has 0 saturated carbocycles. The van der Waals surface area contributed by atoms with E-state index in [4.69, 9.17) is 4.74 Å². The average molecular weight is 514 g/mol. The summed E-state index contributed by atoms with van der Waals surface area (Å²) in [6.45, 7) is 8.48. The third-order valence-corrected chi connectivity index (χ3v) is 7.55. The summed E-state index contributed by atoms with van der Waals surface area (Å²) in [6, 6.07) is -0.471. The van der Waals surface area contributed by atoms with Crippen LogP contribution in [0.3, 0.4) is 0 Å². The third kappa shape index (κ3) is 16.6. The number of carbonyl (C=O) groups is 2. The molecule has 1 amide bonds. The first kappa shape index (κ1) is 34.9. The molecular formula is C30H59NO5. The first-order valence-corrected chi connectivity index (χ1v) is 15.1. The van der Waals surface area contributed by atoms with Gasteiger partial charge in [-0.1, -0.05) is 111 Å². The van der Waals surface area contributed by atoms with E-state index in [0.29, 0.717) is 12.5 Å². The van der Waals surface area contributed by atoms with Gasteiger partial charge in [0.05, 0.1) is 19.3 Å². The number of aliphatic hydroxyl groups excluding tert-OH is 2. The molecule has 0 aromatic rings. The van der Waals surface area contributed by atoms with Gasteiger partial charge in [-0.2, -0.15) is 0 Å². The quantitative estimate of drug-likeness (QED) is 0.0988. The summed E-state index contributed by atoms with van der Waals surface area (Å²) in [7, 11) is 0. The second kappa shape index (κ2) is 24.2. The standard InChI is InChI=1S/C30H59NO5/c1-5-8-10-11-12-13-14-15-16-17-18-20-28(26(4)34)29(21-23-32)31(22-24-33)30(35)36-25-27(7-3)19-9-6-2/h23,26-29,33-34H,5-22,24-25H2,1-4H3. The molecule has 0 bridgehead atoms. The lowest BCUT2D eigenvalue weighted by Gasteiger charge is -2.37. The maximum atomic E-state index is 13.0. The monoisotopic (exact) mass is 513 g/mol. The molecule has 6 nitrogen and oxygen atoms in total. The molecule has 0 heterocycles. The van der Waals surface area contributed by atoms with Crippen LogP contribution in [0.25, 0.3) is 0 Å². The van der Waals surface area contributed by atoms with Crippen LogP contribution < -0.4 is 0 Å². The van der Waals surface area contributed by atoms with E-state index in [1.54, 1.807) is 6.92 Å². The normalized spacial score (nSPS) is 14.7. The molecule has 0 aromatic heterocycles. The van der Waals surface area contributed by atoms with Gasteiger partial charge in [0.25, 0.3) is 0 Å². The van der Waals surface area contributed by atoms with Crippen molar-refractivity contribution in [1.82, 2.24) is 4.90 Å². The van der Waals surface area contributed by atoms with Crippen LogP contribution in [0.15, 0.2) is 0 Å². The van der Waals surface area contributed by atoms with Gasteiger partial charge in [0.2, 0.25) is 0 Å². The maximum Gasteiger partial charge on any atom is 0.410 e. The van der Waals surface area contributed by atoms with Crippen LogP contribution in [-0.4, -0.2) is 59.4 Å². The number of amides is 1. The number of hydrogen-bond acceptors (Lipinski definition) is 5. The Labute approximate surface area is 222 Å². The summed E-state index contributed by atoms with van der Waals surface area (Å²) in [5.74, 6) is 0.0910. The van der Waals surface area contributed by atoms with E-state index in [-0.39, 0.29) is 25.5 Å². The van der Waals surface area contributed by atoms with Crippen molar-refractivity contribution in [3.63, 3.8) is 0 Å². The highest BCUT2D eigenvalue weighted by Gasteiger charge is 2.34. The molecule has 0 aliphatic heterocycles. The van der Waals surface area contributed by atoms with Crippen molar-refractivity contribution < 1.29 is 24.5 Å². The van der Waals surface area contributed by atoms with Crippen LogP contribution in [0.4, 0.5) is 4.79 Å². The van der Waals surface area contributed by atoms with Crippen LogP contribution in [0.2, 0.25) is 0 Å². The molecule has 2 N–H and O–H groups in total. The van der Waals surface area contributed by atoms with Gasteiger partial charge < -0.3 is 24.6 Å². The lowest BCUT2D eigenvalue weighted by atomic mass is 9.86. The van der Waals surface area contributed by atoms with Gasteiger partial charge >= 0.3 is 6.09 Å². The molecule has 0 spiro atoms. The molecule has 0 aliphatic rings. The van der Waals surface area contributed by atoms with Crippen molar-refractivity contribution in [3.8, 4) is 0 Å². The van der Waals surface area contributed by atoms with Crippen LogP contribution >= 0.6 is 0 Å². The summed E-state index contributed by atoms with van der Waals surface area (Å²) in [4.78, 5) is 26.0. The molecule has 4 unspecified atom stereocenters. The zero-order valence-electron chi connectivity index (χ0n) is 24.1. The summed E-state index contributed by atoms with van der Waals surface area (Å²) in [5, 5.41) is 20.2. The Morgan fingerprint density at radius 2 is 1.42 bits per heavy atom. The first-order valence-electron chi connectivity index (χ1n) is 15.1. The van der Waals surface area contributed by atoms with Crippen molar-refractivity contribution in [2.75, 3.05) is 19.8 Å². The van der Waals surface area contributed by atoms with Crippen molar-refractivity contribution in [2.24, 2.45) is 11.8 Å². The summed E-state index contributed by atoms with van der Waals surface area (Å²) in [5.41, 5.74) is 0. The number of aliphatic hydroxyl groups is 2. The Balaban J connectivity index is 4.79.